The zero-order valence-corrected chi connectivity index (χ0v) is 8.82. The predicted molar refractivity (Wildman–Crippen MR) is 61.0 cm³/mol. The van der Waals surface area contributed by atoms with Crippen LogP contribution in [0.5, 0.6) is 0 Å². The minimum absolute atomic E-state index is 0.532. The highest BCUT2D eigenvalue weighted by Gasteiger charge is 2.11. The van der Waals surface area contributed by atoms with Crippen LogP contribution < -0.4 is 0 Å². The number of nitrogens with one attached hydrogen (secondary N) is 2. The lowest BCUT2D eigenvalue weighted by molar-refractivity contribution is 0.946. The Morgan fingerprint density at radius 1 is 1.25 bits per heavy atom. The number of imidazole rings is 1. The molecular weight excluding hydrogens is 224 g/mol. The largest absolute Gasteiger partial charge is 0.257 e. The summed E-state index contributed by atoms with van der Waals surface area (Å²) in [6, 6.07) is 7.90. The second-order valence-corrected chi connectivity index (χ2v) is 3.92. The molecule has 0 bridgehead atoms. The van der Waals surface area contributed by atoms with E-state index in [2.05, 4.69) is 20.3 Å². The van der Waals surface area contributed by atoms with Crippen LogP contribution >= 0.6 is 12.2 Å². The van der Waals surface area contributed by atoms with Crippen molar-refractivity contribution in [2.75, 3.05) is 0 Å². The monoisotopic (exact) mass is 230 g/mol. The summed E-state index contributed by atoms with van der Waals surface area (Å²) in [6.07, 6.45) is 0. The number of aromatic nitrogens is 6. The van der Waals surface area contributed by atoms with Gasteiger partial charge in [0.15, 0.2) is 0 Å². The van der Waals surface area contributed by atoms with E-state index >= 15 is 0 Å². The molecule has 0 atom stereocenters. The van der Waals surface area contributed by atoms with E-state index in [9.17, 15) is 0 Å². The number of H-pyrrole nitrogens is 2. The van der Waals surface area contributed by atoms with E-state index in [-0.39, 0.29) is 0 Å². The third kappa shape index (κ3) is 0.797. The maximum Gasteiger partial charge on any atom is 0.256 e. The first-order chi connectivity index (χ1) is 7.84. The summed E-state index contributed by atoms with van der Waals surface area (Å²) in [5, 5.41) is 9.99. The molecule has 7 heteroatoms. The van der Waals surface area contributed by atoms with Crippen LogP contribution in [-0.2, 0) is 0 Å². The SMILES string of the molecule is S=c1[nH]nc2n1[nH]c1nc3ccccc3n12. The molecule has 0 unspecified atom stereocenters. The third-order valence-electron chi connectivity index (χ3n) is 2.63. The van der Waals surface area contributed by atoms with E-state index in [1.165, 1.54) is 0 Å². The van der Waals surface area contributed by atoms with Crippen molar-refractivity contribution in [1.29, 1.82) is 0 Å². The van der Waals surface area contributed by atoms with Gasteiger partial charge in [-0.1, -0.05) is 12.1 Å². The minimum atomic E-state index is 0.532. The molecule has 3 heterocycles. The molecule has 1 aromatic carbocycles. The molecule has 0 saturated heterocycles. The Bertz CT molecular complexity index is 876. The van der Waals surface area contributed by atoms with Crippen molar-refractivity contribution in [1.82, 2.24) is 29.2 Å². The molecule has 2 N–H and O–H groups in total. The van der Waals surface area contributed by atoms with Crippen LogP contribution in [-0.4, -0.2) is 29.2 Å². The Hall–Kier alpha value is -2.15. The molecule has 0 aliphatic carbocycles. The maximum atomic E-state index is 5.09. The fourth-order valence-electron chi connectivity index (χ4n) is 1.94. The number of aromatic amines is 2. The maximum absolute atomic E-state index is 5.09. The minimum Gasteiger partial charge on any atom is -0.257 e. The molecule has 0 amide bonds. The highest BCUT2D eigenvalue weighted by molar-refractivity contribution is 7.71. The van der Waals surface area contributed by atoms with Crippen LogP contribution in [0.15, 0.2) is 24.3 Å². The van der Waals surface area contributed by atoms with Gasteiger partial charge in [0.05, 0.1) is 11.0 Å². The molecule has 0 radical (unpaired) electrons. The fraction of sp³-hybridized carbons (Fsp3) is 0. The van der Waals surface area contributed by atoms with E-state index in [1.54, 1.807) is 4.52 Å². The molecule has 4 aromatic rings. The van der Waals surface area contributed by atoms with Crippen LogP contribution in [0.2, 0.25) is 0 Å². The van der Waals surface area contributed by atoms with Crippen LogP contribution in [0.25, 0.3) is 22.6 Å². The van der Waals surface area contributed by atoms with Crippen molar-refractivity contribution in [3.05, 3.63) is 29.0 Å². The summed E-state index contributed by atoms with van der Waals surface area (Å²) in [6.45, 7) is 0. The van der Waals surface area contributed by atoms with Gasteiger partial charge in [-0.05, 0) is 24.4 Å². The highest BCUT2D eigenvalue weighted by atomic mass is 32.1. The zero-order chi connectivity index (χ0) is 10.7. The molecular formula is C9H6N6S. The first kappa shape index (κ1) is 8.05. The molecule has 3 aromatic heterocycles. The topological polar surface area (TPSA) is 66.2 Å². The third-order valence-corrected chi connectivity index (χ3v) is 2.90. The Kier molecular flexibility index (Phi) is 1.26. The van der Waals surface area contributed by atoms with E-state index < -0.39 is 0 Å². The molecule has 16 heavy (non-hydrogen) atoms. The van der Waals surface area contributed by atoms with Crippen LogP contribution in [0.3, 0.4) is 0 Å². The summed E-state index contributed by atoms with van der Waals surface area (Å²) >= 11 is 5.09. The number of benzene rings is 1. The molecule has 4 rings (SSSR count). The molecule has 6 nitrogen and oxygen atoms in total. The summed E-state index contributed by atoms with van der Waals surface area (Å²) in [5.41, 5.74) is 1.95. The standard InChI is InChI=1S/C9H6N6S/c16-9-12-11-8-14-6-4-2-1-3-5(6)10-7(14)13-15(8)9/h1-4H,(H,10,13)(H,12,16). The van der Waals surface area contributed by atoms with Gasteiger partial charge >= 0.3 is 0 Å². The van der Waals surface area contributed by atoms with Crippen molar-refractivity contribution in [3.8, 4) is 0 Å². The smallest absolute Gasteiger partial charge is 0.256 e. The van der Waals surface area contributed by atoms with Crippen molar-refractivity contribution in [2.24, 2.45) is 0 Å². The van der Waals surface area contributed by atoms with Gasteiger partial charge in [0.1, 0.15) is 0 Å². The number of rotatable bonds is 0. The lowest BCUT2D eigenvalue weighted by Crippen LogP contribution is -1.84. The summed E-state index contributed by atoms with van der Waals surface area (Å²) in [5.74, 6) is 1.46. The van der Waals surface area contributed by atoms with E-state index in [0.29, 0.717) is 10.5 Å². The molecule has 0 saturated carbocycles. The lowest BCUT2D eigenvalue weighted by atomic mass is 10.3. The second-order valence-electron chi connectivity index (χ2n) is 3.54. The molecule has 0 spiro atoms. The number of fused-ring (bicyclic) bond motifs is 5. The molecule has 78 valence electrons. The average Bonchev–Trinajstić information content (AvgIpc) is 2.89. The van der Waals surface area contributed by atoms with Gasteiger partial charge in [-0.15, -0.1) is 5.10 Å². The van der Waals surface area contributed by atoms with Gasteiger partial charge in [-0.3, -0.25) is 5.10 Å². The molecule has 0 fully saturated rings. The molecule has 0 aliphatic heterocycles. The van der Waals surface area contributed by atoms with Gasteiger partial charge in [0.25, 0.3) is 5.78 Å². The zero-order valence-electron chi connectivity index (χ0n) is 8.01. The van der Waals surface area contributed by atoms with Gasteiger partial charge in [-0.25, -0.2) is 14.5 Å². The van der Waals surface area contributed by atoms with Crippen LogP contribution in [0, 0.1) is 4.77 Å². The Labute approximate surface area is 93.5 Å². The van der Waals surface area contributed by atoms with Gasteiger partial charge in [-0.2, -0.15) is 4.52 Å². The Balaban J connectivity index is 2.42. The van der Waals surface area contributed by atoms with E-state index in [1.807, 2.05) is 28.7 Å². The first-order valence-electron chi connectivity index (χ1n) is 4.77. The van der Waals surface area contributed by atoms with Crippen LogP contribution in [0.1, 0.15) is 0 Å². The summed E-state index contributed by atoms with van der Waals surface area (Å²) in [7, 11) is 0. The van der Waals surface area contributed by atoms with Crippen molar-refractivity contribution in [2.45, 2.75) is 0 Å². The van der Waals surface area contributed by atoms with Crippen molar-refractivity contribution in [3.63, 3.8) is 0 Å². The van der Waals surface area contributed by atoms with Crippen LogP contribution in [0.4, 0.5) is 0 Å². The lowest BCUT2D eigenvalue weighted by Gasteiger charge is -1.87. The fourth-order valence-corrected chi connectivity index (χ4v) is 2.12. The van der Waals surface area contributed by atoms with E-state index in [0.717, 1.165) is 16.8 Å². The number of hydrogen-bond donors (Lipinski definition) is 2. The second kappa shape index (κ2) is 2.50. The average molecular weight is 230 g/mol. The quantitative estimate of drug-likeness (QED) is 0.450. The number of hydrogen-bond acceptors (Lipinski definition) is 3. The number of nitrogens with zero attached hydrogens (tertiary/aromatic N) is 4. The van der Waals surface area contributed by atoms with Gasteiger partial charge in [0, 0.05) is 0 Å². The van der Waals surface area contributed by atoms with Crippen molar-refractivity contribution >= 4 is 34.8 Å². The Morgan fingerprint density at radius 3 is 3.06 bits per heavy atom. The first-order valence-corrected chi connectivity index (χ1v) is 5.18. The predicted octanol–water partition coefficient (Wildman–Crippen LogP) is 1.52. The van der Waals surface area contributed by atoms with Crippen molar-refractivity contribution < 1.29 is 0 Å². The normalized spacial score (nSPS) is 12.0. The summed E-state index contributed by atoms with van der Waals surface area (Å²) in [4.78, 5) is 4.45. The van der Waals surface area contributed by atoms with E-state index in [4.69, 9.17) is 12.2 Å². The number of para-hydroxylation sites is 2. The summed E-state index contributed by atoms with van der Waals surface area (Å²) < 4.78 is 4.16. The van der Waals surface area contributed by atoms with Gasteiger partial charge in [0.2, 0.25) is 10.5 Å². The molecule has 0 aliphatic rings. The highest BCUT2D eigenvalue weighted by Crippen LogP contribution is 2.17. The Morgan fingerprint density at radius 2 is 2.12 bits per heavy atom. The van der Waals surface area contributed by atoms with Gasteiger partial charge < -0.3 is 0 Å².